The number of pyridine rings is 2. The molecule has 3 fully saturated rings. The molecule has 2 aliphatic carbocycles. The first-order valence-corrected chi connectivity index (χ1v) is 19.4. The number of imide groups is 1. The maximum Gasteiger partial charge on any atom is 0.262 e. The van der Waals surface area contributed by atoms with Crippen LogP contribution in [0.3, 0.4) is 0 Å². The maximum atomic E-state index is 15.5. The molecular weight excluding hydrogens is 734 g/mol. The first-order chi connectivity index (χ1) is 27.6. The summed E-state index contributed by atoms with van der Waals surface area (Å²) in [5.41, 5.74) is 5.08. The van der Waals surface area contributed by atoms with Crippen molar-refractivity contribution in [2.75, 3.05) is 55.6 Å². The van der Waals surface area contributed by atoms with Crippen molar-refractivity contribution in [3.8, 4) is 34.1 Å². The topological polar surface area (TPSA) is 107 Å². The minimum Gasteiger partial charge on any atom is -0.369 e. The zero-order valence-corrected chi connectivity index (χ0v) is 31.1. The third kappa shape index (κ3) is 6.75. The summed E-state index contributed by atoms with van der Waals surface area (Å²) >= 11 is 0. The Morgan fingerprint density at radius 1 is 0.754 bits per heavy atom. The molecule has 0 N–H and O–H groups in total. The van der Waals surface area contributed by atoms with Crippen LogP contribution in [0.2, 0.25) is 0 Å². The summed E-state index contributed by atoms with van der Waals surface area (Å²) in [5, 5.41) is 0. The van der Waals surface area contributed by atoms with Crippen LogP contribution in [-0.2, 0) is 9.59 Å². The van der Waals surface area contributed by atoms with Crippen molar-refractivity contribution in [1.29, 1.82) is 0 Å². The molecule has 5 aliphatic rings. The van der Waals surface area contributed by atoms with E-state index in [9.17, 15) is 28.0 Å². The number of anilines is 2. The van der Waals surface area contributed by atoms with Gasteiger partial charge in [-0.3, -0.25) is 34.0 Å². The van der Waals surface area contributed by atoms with Gasteiger partial charge in [-0.15, -0.1) is 0 Å². The van der Waals surface area contributed by atoms with Crippen molar-refractivity contribution in [2.45, 2.75) is 50.5 Å². The minimum absolute atomic E-state index is 0.160. The molecule has 0 spiro atoms. The summed E-state index contributed by atoms with van der Waals surface area (Å²) in [6, 6.07) is 12.8. The molecule has 2 unspecified atom stereocenters. The van der Waals surface area contributed by atoms with Crippen molar-refractivity contribution < 1.29 is 32.3 Å². The fraction of sp³-hybridized carbons (Fsp3) is 0.364. The number of hydrogen-bond acceptors (Lipinski definition) is 9. The lowest BCUT2D eigenvalue weighted by atomic mass is 9.92. The Hall–Kier alpha value is -5.87. The highest BCUT2D eigenvalue weighted by atomic mass is 19.3. The quantitative estimate of drug-likeness (QED) is 0.133. The molecule has 9 rings (SSSR count). The number of fused-ring (bicyclic) bond motifs is 4. The summed E-state index contributed by atoms with van der Waals surface area (Å²) < 4.78 is 43.9. The lowest BCUT2D eigenvalue weighted by molar-refractivity contribution is -0.132. The Balaban J connectivity index is 0.765. The molecule has 2 saturated heterocycles. The molecule has 0 radical (unpaired) electrons. The highest BCUT2D eigenvalue weighted by molar-refractivity contribution is 6.24. The normalized spacial score (nSPS) is 21.2. The predicted molar refractivity (Wildman–Crippen MR) is 207 cm³/mol. The Morgan fingerprint density at radius 3 is 2.28 bits per heavy atom. The second-order valence-corrected chi connectivity index (χ2v) is 15.4. The molecule has 10 nitrogen and oxygen atoms in total. The number of amides is 2. The zero-order chi connectivity index (χ0) is 39.4. The monoisotopic (exact) mass is 772 g/mol. The number of rotatable bonds is 6. The van der Waals surface area contributed by atoms with Gasteiger partial charge in [0.2, 0.25) is 6.43 Å². The number of benzene rings is 2. The van der Waals surface area contributed by atoms with Gasteiger partial charge in [-0.25, -0.2) is 18.2 Å². The summed E-state index contributed by atoms with van der Waals surface area (Å²) in [6.45, 7) is 4.85. The van der Waals surface area contributed by atoms with Gasteiger partial charge in [0.15, 0.2) is 17.4 Å². The van der Waals surface area contributed by atoms with Gasteiger partial charge >= 0.3 is 0 Å². The molecule has 13 heteroatoms. The number of carbonyl (C=O) groups excluding carboxylic acids is 4. The largest absolute Gasteiger partial charge is 0.369 e. The molecule has 57 heavy (non-hydrogen) atoms. The van der Waals surface area contributed by atoms with Crippen LogP contribution in [0.25, 0.3) is 22.3 Å². The van der Waals surface area contributed by atoms with Gasteiger partial charge in [-0.05, 0) is 77.9 Å². The molecular formula is C44H39F3N6O4. The number of aromatic nitrogens is 2. The number of carbonyl (C=O) groups is 4. The lowest BCUT2D eigenvalue weighted by Crippen LogP contribution is -2.47. The van der Waals surface area contributed by atoms with E-state index < -0.39 is 36.0 Å². The molecule has 0 bridgehead atoms. The third-order valence-corrected chi connectivity index (χ3v) is 12.1. The zero-order valence-electron chi connectivity index (χ0n) is 31.1. The van der Waals surface area contributed by atoms with Gasteiger partial charge in [-0.2, -0.15) is 0 Å². The van der Waals surface area contributed by atoms with Crippen LogP contribution in [0.1, 0.15) is 69.9 Å². The van der Waals surface area contributed by atoms with E-state index >= 15 is 4.39 Å². The number of alkyl halides is 2. The number of halogens is 3. The van der Waals surface area contributed by atoms with Crippen molar-refractivity contribution in [2.24, 2.45) is 5.92 Å². The molecule has 2 aromatic heterocycles. The number of Topliss-reactive ketones (excluding diaryl/α,β-unsaturated/α-hetero) is 2. The molecule has 2 atom stereocenters. The number of hydrogen-bond donors (Lipinski definition) is 0. The van der Waals surface area contributed by atoms with Crippen LogP contribution in [0.15, 0.2) is 67.1 Å². The summed E-state index contributed by atoms with van der Waals surface area (Å²) in [4.78, 5) is 66.7. The Bertz CT molecular complexity index is 2380. The van der Waals surface area contributed by atoms with E-state index in [-0.39, 0.29) is 48.1 Å². The molecule has 290 valence electrons. The van der Waals surface area contributed by atoms with Crippen molar-refractivity contribution in [1.82, 2.24) is 19.8 Å². The van der Waals surface area contributed by atoms with Crippen LogP contribution in [0.5, 0.6) is 0 Å². The number of piperidine rings is 1. The molecule has 5 heterocycles. The van der Waals surface area contributed by atoms with E-state index in [2.05, 4.69) is 31.6 Å². The fourth-order valence-corrected chi connectivity index (χ4v) is 8.97. The maximum absolute atomic E-state index is 15.5. The van der Waals surface area contributed by atoms with Gasteiger partial charge < -0.3 is 9.80 Å². The van der Waals surface area contributed by atoms with E-state index in [1.807, 2.05) is 17.0 Å². The average Bonchev–Trinajstić information content (AvgIpc) is 3.68. The van der Waals surface area contributed by atoms with Gasteiger partial charge in [-0.1, -0.05) is 24.0 Å². The first kappa shape index (κ1) is 36.7. The Morgan fingerprint density at radius 2 is 1.53 bits per heavy atom. The van der Waals surface area contributed by atoms with Crippen LogP contribution in [-0.4, -0.2) is 101 Å². The van der Waals surface area contributed by atoms with E-state index in [4.69, 9.17) is 0 Å². The van der Waals surface area contributed by atoms with Crippen LogP contribution in [0.4, 0.5) is 24.7 Å². The van der Waals surface area contributed by atoms with Crippen LogP contribution >= 0.6 is 0 Å². The van der Waals surface area contributed by atoms with E-state index in [1.54, 1.807) is 42.7 Å². The summed E-state index contributed by atoms with van der Waals surface area (Å²) in [7, 11) is 0. The van der Waals surface area contributed by atoms with Gasteiger partial charge in [0, 0.05) is 87.0 Å². The van der Waals surface area contributed by atoms with Crippen LogP contribution < -0.4 is 9.80 Å². The second kappa shape index (κ2) is 14.9. The highest BCUT2D eigenvalue weighted by Gasteiger charge is 2.44. The molecule has 2 amide bonds. The molecule has 4 aromatic rings. The minimum atomic E-state index is -2.58. The highest BCUT2D eigenvalue weighted by Crippen LogP contribution is 2.48. The smallest absolute Gasteiger partial charge is 0.262 e. The van der Waals surface area contributed by atoms with Crippen molar-refractivity contribution in [3.05, 3.63) is 95.2 Å². The molecule has 3 aliphatic heterocycles. The van der Waals surface area contributed by atoms with E-state index in [0.717, 1.165) is 55.2 Å². The second-order valence-electron chi connectivity index (χ2n) is 15.4. The Labute approximate surface area is 327 Å². The van der Waals surface area contributed by atoms with Gasteiger partial charge in [0.25, 0.3) is 11.8 Å². The summed E-state index contributed by atoms with van der Waals surface area (Å²) in [5.74, 6) is 4.24. The first-order valence-electron chi connectivity index (χ1n) is 19.4. The predicted octanol–water partition coefficient (Wildman–Crippen LogP) is 5.99. The molecule has 2 aromatic carbocycles. The molecule has 1 saturated carbocycles. The number of piperazine rings is 1. The SMILES string of the molecule is O=C1CCC(N2C(=O)c3ccc(N4CCN(CC#CC5CCN(c6ncc(-c7ccc8c(c7)C(C(F)F)c7ccncc7-8)cc6F)CC5)CC4)cc3C2=O)C(=O)C1. The average molecular weight is 773 g/mol. The summed E-state index contributed by atoms with van der Waals surface area (Å²) in [6.07, 6.45) is 3.85. The van der Waals surface area contributed by atoms with Crippen molar-refractivity contribution >= 4 is 34.9 Å². The standard InChI is InChI=1S/C44H39F3N6O4/c45-37-21-28(27-3-6-31-34(20-27)40(41(46)47)32-9-12-48-25-36(31)32)24-49-42(37)52-14-10-26(11-15-52)2-1-13-50-16-18-51(19-17-50)29-4-7-33-35(22-29)44(57)53(43(33)56)38-8-5-30(54)23-39(38)55/h3-4,6-7,9,12,20-22,24-26,38,40-41H,5,8,10-11,13-19,23H2. The van der Waals surface area contributed by atoms with Gasteiger partial charge in [0.05, 0.1) is 36.1 Å². The van der Waals surface area contributed by atoms with Crippen molar-refractivity contribution in [3.63, 3.8) is 0 Å². The van der Waals surface area contributed by atoms with Crippen LogP contribution in [0, 0.1) is 23.6 Å². The Kier molecular flexibility index (Phi) is 9.60. The number of nitrogens with zero attached hydrogens (tertiary/aromatic N) is 6. The van der Waals surface area contributed by atoms with Gasteiger partial charge in [0.1, 0.15) is 5.78 Å². The lowest BCUT2D eigenvalue weighted by Gasteiger charge is -2.35. The van der Waals surface area contributed by atoms with E-state index in [0.29, 0.717) is 53.0 Å². The fourth-order valence-electron chi connectivity index (χ4n) is 8.97. The third-order valence-electron chi connectivity index (χ3n) is 12.1. The number of ketones is 2. The van der Waals surface area contributed by atoms with E-state index in [1.165, 1.54) is 12.3 Å².